The first kappa shape index (κ1) is 12.9. The van der Waals surface area contributed by atoms with Gasteiger partial charge < -0.3 is 0 Å². The fourth-order valence-corrected chi connectivity index (χ4v) is 3.97. The van der Waals surface area contributed by atoms with Crippen LogP contribution in [-0.4, -0.2) is 0 Å². The molecule has 0 fully saturated rings. The predicted octanol–water partition coefficient (Wildman–Crippen LogP) is 5.75. The first-order valence-electron chi connectivity index (χ1n) is 7.54. The van der Waals surface area contributed by atoms with E-state index in [0.717, 1.165) is 37.7 Å². The van der Waals surface area contributed by atoms with E-state index in [1.54, 1.807) is 0 Å². The summed E-state index contributed by atoms with van der Waals surface area (Å²) in [5.74, 6) is 0. The molecule has 0 unspecified atom stereocenters. The molecule has 0 spiro atoms. The standard InChI is InChI=1S/C21H11ClO/c22-17-11-13-6-2-4-8-15-18(13)20(17)21(23)16-10-9-12-5-1-3-7-14(12)19(15)16/h1-11H. The van der Waals surface area contributed by atoms with Gasteiger partial charge in [0.15, 0.2) is 5.43 Å². The molecule has 0 N–H and O–H groups in total. The summed E-state index contributed by atoms with van der Waals surface area (Å²) >= 11 is 6.38. The number of benzene rings is 3. The number of rotatable bonds is 0. The molecule has 0 aliphatic heterocycles. The van der Waals surface area contributed by atoms with Crippen molar-refractivity contribution in [2.24, 2.45) is 0 Å². The third kappa shape index (κ3) is 1.60. The zero-order valence-electron chi connectivity index (χ0n) is 12.1. The van der Waals surface area contributed by atoms with Crippen molar-refractivity contribution in [1.82, 2.24) is 0 Å². The van der Waals surface area contributed by atoms with Crippen LogP contribution >= 0.6 is 11.6 Å². The Kier molecular flexibility index (Phi) is 2.48. The molecule has 0 amide bonds. The Balaban J connectivity index is 2.29. The van der Waals surface area contributed by atoms with Crippen molar-refractivity contribution in [2.75, 3.05) is 0 Å². The van der Waals surface area contributed by atoms with E-state index < -0.39 is 0 Å². The number of hydrogen-bond acceptors (Lipinski definition) is 1. The van der Waals surface area contributed by atoms with Gasteiger partial charge in [-0.3, -0.25) is 4.79 Å². The molecular weight excluding hydrogens is 304 g/mol. The highest BCUT2D eigenvalue weighted by molar-refractivity contribution is 6.41. The van der Waals surface area contributed by atoms with Crippen LogP contribution in [0, 0.1) is 0 Å². The average molecular weight is 315 g/mol. The first-order chi connectivity index (χ1) is 11.3. The predicted molar refractivity (Wildman–Crippen MR) is 98.9 cm³/mol. The molecular formula is C21H11ClO. The van der Waals surface area contributed by atoms with Gasteiger partial charge in [0.2, 0.25) is 0 Å². The quantitative estimate of drug-likeness (QED) is 0.333. The molecule has 2 heteroatoms. The maximum Gasteiger partial charge on any atom is 0.195 e. The molecule has 0 saturated carbocycles. The molecule has 0 saturated heterocycles. The maximum atomic E-state index is 13.0. The zero-order valence-corrected chi connectivity index (χ0v) is 12.9. The van der Waals surface area contributed by atoms with Gasteiger partial charge in [-0.05, 0) is 33.7 Å². The smallest absolute Gasteiger partial charge is 0.195 e. The van der Waals surface area contributed by atoms with Crippen molar-refractivity contribution >= 4 is 54.7 Å². The second-order valence-electron chi connectivity index (χ2n) is 5.87. The van der Waals surface area contributed by atoms with Gasteiger partial charge in [-0.25, -0.2) is 0 Å². The third-order valence-electron chi connectivity index (χ3n) is 4.65. The van der Waals surface area contributed by atoms with Gasteiger partial charge in [0, 0.05) is 21.5 Å². The topological polar surface area (TPSA) is 17.1 Å². The van der Waals surface area contributed by atoms with Gasteiger partial charge in [-0.2, -0.15) is 0 Å². The Morgan fingerprint density at radius 1 is 0.609 bits per heavy atom. The molecule has 5 aromatic carbocycles. The lowest BCUT2D eigenvalue weighted by molar-refractivity contribution is 1.77. The second kappa shape index (κ2) is 4.43. The van der Waals surface area contributed by atoms with E-state index in [-0.39, 0.29) is 5.43 Å². The lowest BCUT2D eigenvalue weighted by Gasteiger charge is -2.07. The number of fused-ring (bicyclic) bond motifs is 4. The van der Waals surface area contributed by atoms with E-state index in [2.05, 4.69) is 18.2 Å². The number of hydrogen-bond donors (Lipinski definition) is 0. The van der Waals surface area contributed by atoms with Crippen LogP contribution in [0.3, 0.4) is 0 Å². The van der Waals surface area contributed by atoms with Gasteiger partial charge in [0.1, 0.15) is 0 Å². The molecule has 108 valence electrons. The molecule has 0 aliphatic rings. The SMILES string of the molecule is O=c1c2ccc3ccccc3c2c2ccccc3cc(Cl)c1c32. The largest absolute Gasteiger partial charge is 0.289 e. The minimum atomic E-state index is 0.0180. The van der Waals surface area contributed by atoms with E-state index in [1.807, 2.05) is 48.5 Å². The molecule has 1 nitrogen and oxygen atoms in total. The van der Waals surface area contributed by atoms with E-state index in [9.17, 15) is 4.79 Å². The Morgan fingerprint density at radius 2 is 1.30 bits per heavy atom. The van der Waals surface area contributed by atoms with Crippen LogP contribution in [0.5, 0.6) is 0 Å². The second-order valence-corrected chi connectivity index (χ2v) is 6.28. The van der Waals surface area contributed by atoms with Gasteiger partial charge in [0.25, 0.3) is 0 Å². The van der Waals surface area contributed by atoms with Crippen LogP contribution in [0.15, 0.2) is 71.5 Å². The summed E-state index contributed by atoms with van der Waals surface area (Å²) in [6.07, 6.45) is 0. The first-order valence-corrected chi connectivity index (χ1v) is 7.91. The molecule has 0 radical (unpaired) electrons. The fourth-order valence-electron chi connectivity index (χ4n) is 3.68. The van der Waals surface area contributed by atoms with Crippen LogP contribution in [0.4, 0.5) is 0 Å². The zero-order chi connectivity index (χ0) is 15.6. The molecule has 0 heterocycles. The van der Waals surface area contributed by atoms with Gasteiger partial charge >= 0.3 is 0 Å². The van der Waals surface area contributed by atoms with Crippen LogP contribution in [0.25, 0.3) is 43.1 Å². The van der Waals surface area contributed by atoms with Crippen LogP contribution in [0.1, 0.15) is 0 Å². The summed E-state index contributed by atoms with van der Waals surface area (Å²) in [5.41, 5.74) is 0.0180. The van der Waals surface area contributed by atoms with Crippen molar-refractivity contribution < 1.29 is 0 Å². The van der Waals surface area contributed by atoms with Gasteiger partial charge in [0.05, 0.1) is 5.02 Å². The fraction of sp³-hybridized carbons (Fsp3) is 0. The molecule has 0 atom stereocenters. The Labute approximate surface area is 137 Å². The summed E-state index contributed by atoms with van der Waals surface area (Å²) in [6.45, 7) is 0. The minimum absolute atomic E-state index is 0.0180. The maximum absolute atomic E-state index is 13.0. The van der Waals surface area contributed by atoms with Gasteiger partial charge in [-0.1, -0.05) is 66.2 Å². The van der Waals surface area contributed by atoms with E-state index in [1.165, 1.54) is 0 Å². The van der Waals surface area contributed by atoms with Gasteiger partial charge in [-0.15, -0.1) is 0 Å². The summed E-state index contributed by atoms with van der Waals surface area (Å²) in [6, 6.07) is 22.1. The Bertz CT molecular complexity index is 1290. The highest BCUT2D eigenvalue weighted by Crippen LogP contribution is 2.38. The Morgan fingerprint density at radius 3 is 2.13 bits per heavy atom. The van der Waals surface area contributed by atoms with Crippen molar-refractivity contribution in [1.29, 1.82) is 0 Å². The minimum Gasteiger partial charge on any atom is -0.289 e. The molecule has 5 aromatic rings. The molecule has 23 heavy (non-hydrogen) atoms. The summed E-state index contributed by atoms with van der Waals surface area (Å²) < 4.78 is 0. The van der Waals surface area contributed by atoms with Crippen LogP contribution in [0.2, 0.25) is 5.02 Å². The lowest BCUT2D eigenvalue weighted by Crippen LogP contribution is -2.01. The lowest BCUT2D eigenvalue weighted by atomic mass is 9.96. The van der Waals surface area contributed by atoms with Crippen molar-refractivity contribution in [3.8, 4) is 0 Å². The molecule has 0 aromatic heterocycles. The molecule has 0 bridgehead atoms. The monoisotopic (exact) mass is 314 g/mol. The molecule has 5 rings (SSSR count). The summed E-state index contributed by atoms with van der Waals surface area (Å²) in [4.78, 5) is 13.0. The normalized spacial score (nSPS) is 11.9. The Hall–Kier alpha value is -2.64. The van der Waals surface area contributed by atoms with E-state index >= 15 is 0 Å². The van der Waals surface area contributed by atoms with Crippen molar-refractivity contribution in [2.45, 2.75) is 0 Å². The van der Waals surface area contributed by atoms with E-state index in [4.69, 9.17) is 11.6 Å². The van der Waals surface area contributed by atoms with Crippen molar-refractivity contribution in [3.05, 3.63) is 82.0 Å². The number of halogens is 1. The van der Waals surface area contributed by atoms with Crippen molar-refractivity contribution in [3.63, 3.8) is 0 Å². The summed E-state index contributed by atoms with van der Waals surface area (Å²) in [7, 11) is 0. The van der Waals surface area contributed by atoms with Crippen LogP contribution < -0.4 is 5.43 Å². The third-order valence-corrected chi connectivity index (χ3v) is 4.95. The summed E-state index contributed by atoms with van der Waals surface area (Å²) in [5, 5.41) is 8.23. The van der Waals surface area contributed by atoms with E-state index in [0.29, 0.717) is 10.4 Å². The highest BCUT2D eigenvalue weighted by Gasteiger charge is 2.16. The van der Waals surface area contributed by atoms with Crippen LogP contribution in [-0.2, 0) is 0 Å². The average Bonchev–Trinajstić information content (AvgIpc) is 2.76. The molecule has 0 aliphatic carbocycles. The highest BCUT2D eigenvalue weighted by atomic mass is 35.5.